The summed E-state index contributed by atoms with van der Waals surface area (Å²) in [4.78, 5) is 0. The van der Waals surface area contributed by atoms with E-state index in [9.17, 15) is 9.50 Å². The molecule has 2 rings (SSSR count). The number of hydrogen-bond acceptors (Lipinski definition) is 1. The highest BCUT2D eigenvalue weighted by atomic mass is 19.1. The van der Waals surface area contributed by atoms with Gasteiger partial charge in [0.1, 0.15) is 5.82 Å². The Morgan fingerprint density at radius 1 is 1.36 bits per heavy atom. The first-order chi connectivity index (χ1) is 6.66. The molecule has 0 bridgehead atoms. The van der Waals surface area contributed by atoms with Gasteiger partial charge in [-0.25, -0.2) is 4.39 Å². The second-order valence-corrected chi connectivity index (χ2v) is 3.69. The van der Waals surface area contributed by atoms with Gasteiger partial charge in [-0.2, -0.15) is 0 Å². The summed E-state index contributed by atoms with van der Waals surface area (Å²) in [5, 5.41) is 10.2. The van der Waals surface area contributed by atoms with Crippen LogP contribution in [0.2, 0.25) is 0 Å². The molecule has 72 valence electrons. The summed E-state index contributed by atoms with van der Waals surface area (Å²) in [5.41, 5.74) is -0.586. The number of aliphatic hydroxyl groups is 1. The van der Waals surface area contributed by atoms with Crippen molar-refractivity contribution in [2.75, 3.05) is 0 Å². The fourth-order valence-corrected chi connectivity index (χ4v) is 1.64. The molecule has 14 heavy (non-hydrogen) atoms. The molecule has 1 fully saturated rings. The van der Waals surface area contributed by atoms with Crippen LogP contribution in [0.3, 0.4) is 0 Å². The fourth-order valence-electron chi connectivity index (χ4n) is 1.64. The maximum Gasteiger partial charge on any atom is 0.153 e. The quantitative estimate of drug-likeness (QED) is 0.708. The van der Waals surface area contributed by atoms with Crippen LogP contribution in [0.4, 0.5) is 4.39 Å². The van der Waals surface area contributed by atoms with E-state index in [1.807, 2.05) is 0 Å². The second-order valence-electron chi connectivity index (χ2n) is 3.69. The van der Waals surface area contributed by atoms with E-state index in [1.165, 1.54) is 12.1 Å². The van der Waals surface area contributed by atoms with Crippen LogP contribution >= 0.6 is 0 Å². The van der Waals surface area contributed by atoms with E-state index in [4.69, 9.17) is 6.42 Å². The smallest absolute Gasteiger partial charge is 0.153 e. The minimum atomic E-state index is -1.20. The van der Waals surface area contributed by atoms with Gasteiger partial charge in [-0.15, -0.1) is 6.42 Å². The van der Waals surface area contributed by atoms with Crippen molar-refractivity contribution in [3.8, 4) is 12.3 Å². The Kier molecular flexibility index (Phi) is 2.05. The van der Waals surface area contributed by atoms with Crippen LogP contribution in [0.25, 0.3) is 0 Å². The number of halogens is 1. The average molecular weight is 190 g/mol. The zero-order valence-corrected chi connectivity index (χ0v) is 7.70. The van der Waals surface area contributed by atoms with Crippen molar-refractivity contribution in [2.45, 2.75) is 18.4 Å². The van der Waals surface area contributed by atoms with Crippen molar-refractivity contribution in [3.05, 3.63) is 35.6 Å². The zero-order valence-electron chi connectivity index (χ0n) is 7.70. The number of rotatable bonds is 2. The normalized spacial score (nSPS) is 19.8. The van der Waals surface area contributed by atoms with Gasteiger partial charge in [0.05, 0.1) is 0 Å². The van der Waals surface area contributed by atoms with Gasteiger partial charge < -0.3 is 5.11 Å². The van der Waals surface area contributed by atoms with Gasteiger partial charge in [-0.05, 0) is 30.5 Å². The molecule has 0 aliphatic heterocycles. The van der Waals surface area contributed by atoms with Crippen molar-refractivity contribution < 1.29 is 9.50 Å². The largest absolute Gasteiger partial charge is 0.373 e. The zero-order chi connectivity index (χ0) is 10.2. The molecule has 0 radical (unpaired) electrons. The SMILES string of the molecule is C#CC(O)(c1ccc(F)cc1)C1CC1. The van der Waals surface area contributed by atoms with Crippen LogP contribution in [-0.4, -0.2) is 5.11 Å². The van der Waals surface area contributed by atoms with E-state index in [2.05, 4.69) is 5.92 Å². The lowest BCUT2D eigenvalue weighted by atomic mass is 9.90. The standard InChI is InChI=1S/C12H11FO/c1-2-12(14,9-3-4-9)10-5-7-11(13)8-6-10/h1,5-9,14H,3-4H2. The number of terminal acetylenes is 1. The molecule has 0 amide bonds. The number of benzene rings is 1. The summed E-state index contributed by atoms with van der Waals surface area (Å²) in [6.07, 6.45) is 7.21. The van der Waals surface area contributed by atoms with Crippen molar-refractivity contribution in [2.24, 2.45) is 5.92 Å². The topological polar surface area (TPSA) is 20.2 Å². The molecule has 1 aliphatic rings. The van der Waals surface area contributed by atoms with Crippen molar-refractivity contribution in [3.63, 3.8) is 0 Å². The molecular formula is C12H11FO. The van der Waals surface area contributed by atoms with Gasteiger partial charge in [0.15, 0.2) is 5.60 Å². The van der Waals surface area contributed by atoms with Crippen LogP contribution < -0.4 is 0 Å². The Balaban J connectivity index is 2.37. The van der Waals surface area contributed by atoms with E-state index < -0.39 is 5.60 Å². The summed E-state index contributed by atoms with van der Waals surface area (Å²) >= 11 is 0. The first-order valence-electron chi connectivity index (χ1n) is 4.63. The molecule has 1 aliphatic carbocycles. The highest BCUT2D eigenvalue weighted by Crippen LogP contribution is 2.45. The molecule has 0 spiro atoms. The van der Waals surface area contributed by atoms with Crippen LogP contribution in [-0.2, 0) is 5.60 Å². The predicted molar refractivity (Wildman–Crippen MR) is 51.9 cm³/mol. The maximum atomic E-state index is 12.7. The van der Waals surface area contributed by atoms with E-state index in [-0.39, 0.29) is 11.7 Å². The minimum absolute atomic E-state index is 0.137. The van der Waals surface area contributed by atoms with Crippen molar-refractivity contribution in [1.29, 1.82) is 0 Å². The van der Waals surface area contributed by atoms with E-state index in [0.717, 1.165) is 12.8 Å². The van der Waals surface area contributed by atoms with Gasteiger partial charge in [0.25, 0.3) is 0 Å². The molecule has 1 aromatic rings. The Bertz CT molecular complexity index is 372. The molecule has 2 heteroatoms. The minimum Gasteiger partial charge on any atom is -0.373 e. The van der Waals surface area contributed by atoms with Gasteiger partial charge in [0.2, 0.25) is 0 Å². The molecule has 1 atom stereocenters. The third-order valence-electron chi connectivity index (χ3n) is 2.67. The molecule has 1 N–H and O–H groups in total. The third-order valence-corrected chi connectivity index (χ3v) is 2.67. The molecule has 1 unspecified atom stereocenters. The summed E-state index contributed by atoms with van der Waals surface area (Å²) < 4.78 is 12.7. The van der Waals surface area contributed by atoms with Crippen molar-refractivity contribution in [1.82, 2.24) is 0 Å². The molecule has 1 nitrogen and oxygen atoms in total. The first-order valence-corrected chi connectivity index (χ1v) is 4.63. The molecule has 1 saturated carbocycles. The third kappa shape index (κ3) is 1.40. The lowest BCUT2D eigenvalue weighted by Crippen LogP contribution is -2.25. The summed E-state index contributed by atoms with van der Waals surface area (Å²) in [6.45, 7) is 0. The van der Waals surface area contributed by atoms with Crippen molar-refractivity contribution >= 4 is 0 Å². The fraction of sp³-hybridized carbons (Fsp3) is 0.333. The van der Waals surface area contributed by atoms with Gasteiger partial charge in [0, 0.05) is 5.92 Å². The second kappa shape index (κ2) is 3.11. The maximum absolute atomic E-state index is 12.7. The van der Waals surface area contributed by atoms with E-state index in [0.29, 0.717) is 5.56 Å². The first kappa shape index (κ1) is 9.23. The van der Waals surface area contributed by atoms with Crippen LogP contribution in [0, 0.1) is 24.1 Å². The summed E-state index contributed by atoms with van der Waals surface area (Å²) in [7, 11) is 0. The van der Waals surface area contributed by atoms with Crippen LogP contribution in [0.1, 0.15) is 18.4 Å². The monoisotopic (exact) mass is 190 g/mol. The van der Waals surface area contributed by atoms with Gasteiger partial charge in [-0.3, -0.25) is 0 Å². The Hall–Kier alpha value is -1.33. The van der Waals surface area contributed by atoms with Crippen LogP contribution in [0.15, 0.2) is 24.3 Å². The Morgan fingerprint density at radius 3 is 2.36 bits per heavy atom. The molecule has 0 saturated heterocycles. The Morgan fingerprint density at radius 2 is 1.93 bits per heavy atom. The Labute approximate surface area is 82.6 Å². The highest BCUT2D eigenvalue weighted by molar-refractivity contribution is 5.33. The number of hydrogen-bond donors (Lipinski definition) is 1. The molecule has 0 aromatic heterocycles. The summed E-state index contributed by atoms with van der Waals surface area (Å²) in [6, 6.07) is 5.74. The molecular weight excluding hydrogens is 179 g/mol. The van der Waals surface area contributed by atoms with Gasteiger partial charge >= 0.3 is 0 Å². The van der Waals surface area contributed by atoms with E-state index in [1.54, 1.807) is 12.1 Å². The lowest BCUT2D eigenvalue weighted by molar-refractivity contribution is 0.0758. The predicted octanol–water partition coefficient (Wildman–Crippen LogP) is 2.06. The van der Waals surface area contributed by atoms with Gasteiger partial charge in [-0.1, -0.05) is 18.1 Å². The summed E-state index contributed by atoms with van der Waals surface area (Å²) in [5.74, 6) is 2.23. The average Bonchev–Trinajstić information content (AvgIpc) is 3.01. The highest BCUT2D eigenvalue weighted by Gasteiger charge is 2.43. The molecule has 1 aromatic carbocycles. The molecule has 0 heterocycles. The van der Waals surface area contributed by atoms with Crippen LogP contribution in [0.5, 0.6) is 0 Å². The lowest BCUT2D eigenvalue weighted by Gasteiger charge is -2.22. The van der Waals surface area contributed by atoms with E-state index >= 15 is 0 Å².